The van der Waals surface area contributed by atoms with E-state index in [1.807, 2.05) is 13.8 Å². The van der Waals surface area contributed by atoms with Gasteiger partial charge in [-0.15, -0.1) is 0 Å². The van der Waals surface area contributed by atoms with E-state index in [9.17, 15) is 4.79 Å². The van der Waals surface area contributed by atoms with Gasteiger partial charge < -0.3 is 16.0 Å². The van der Waals surface area contributed by atoms with Gasteiger partial charge in [0.15, 0.2) is 0 Å². The molecule has 0 spiro atoms. The predicted octanol–water partition coefficient (Wildman–Crippen LogP) is 1.54. The highest BCUT2D eigenvalue weighted by Crippen LogP contribution is 2.27. The van der Waals surface area contributed by atoms with Gasteiger partial charge in [-0.2, -0.15) is 0 Å². The Bertz CT molecular complexity index is 459. The minimum Gasteiger partial charge on any atom is -0.371 e. The summed E-state index contributed by atoms with van der Waals surface area (Å²) in [5.74, 6) is 0.141. The van der Waals surface area contributed by atoms with Crippen LogP contribution >= 0.6 is 0 Å². The second-order valence-electron chi connectivity index (χ2n) is 5.78. The molecule has 1 heterocycles. The smallest absolute Gasteiger partial charge is 0.237 e. The molecule has 1 aromatic rings. The molecule has 110 valence electrons. The van der Waals surface area contributed by atoms with E-state index in [1.54, 1.807) is 0 Å². The van der Waals surface area contributed by atoms with Crippen LogP contribution in [0, 0.1) is 5.92 Å². The van der Waals surface area contributed by atoms with E-state index in [-0.39, 0.29) is 11.8 Å². The molecule has 0 aromatic heterocycles. The van der Waals surface area contributed by atoms with Gasteiger partial charge >= 0.3 is 0 Å². The van der Waals surface area contributed by atoms with Gasteiger partial charge in [-0.05, 0) is 30.4 Å². The molecule has 1 atom stereocenters. The summed E-state index contributed by atoms with van der Waals surface area (Å²) in [6.07, 6.45) is 2.08. The number of hydrogen-bond donors (Lipinski definition) is 2. The summed E-state index contributed by atoms with van der Waals surface area (Å²) in [7, 11) is 0. The van der Waals surface area contributed by atoms with Crippen molar-refractivity contribution < 1.29 is 4.79 Å². The molecule has 4 heteroatoms. The summed E-state index contributed by atoms with van der Waals surface area (Å²) < 4.78 is 0. The third-order valence-corrected chi connectivity index (χ3v) is 3.91. The first kappa shape index (κ1) is 14.9. The summed E-state index contributed by atoms with van der Waals surface area (Å²) in [5.41, 5.74) is 8.58. The average molecular weight is 275 g/mol. The van der Waals surface area contributed by atoms with Crippen LogP contribution in [0.5, 0.6) is 0 Å². The van der Waals surface area contributed by atoms with Gasteiger partial charge in [0.25, 0.3) is 0 Å². The highest BCUT2D eigenvalue weighted by molar-refractivity contribution is 5.81. The largest absolute Gasteiger partial charge is 0.371 e. The van der Waals surface area contributed by atoms with Crippen LogP contribution in [-0.2, 0) is 11.2 Å². The molecule has 0 bridgehead atoms. The summed E-state index contributed by atoms with van der Waals surface area (Å²) in [6, 6.07) is 8.15. The fraction of sp³-hybridized carbons (Fsp3) is 0.562. The van der Waals surface area contributed by atoms with Crippen LogP contribution in [-0.4, -0.2) is 31.6 Å². The fourth-order valence-electron chi connectivity index (χ4n) is 2.54. The molecular weight excluding hydrogens is 250 g/mol. The number of hydrogen-bond acceptors (Lipinski definition) is 3. The minimum absolute atomic E-state index is 0.0400. The SMILES string of the molecule is CC(C)C(N)C(=O)NCCCN1CCc2ccccc21. The third-order valence-electron chi connectivity index (χ3n) is 3.91. The van der Waals surface area contributed by atoms with Crippen LogP contribution in [0.4, 0.5) is 5.69 Å². The second kappa shape index (κ2) is 6.75. The molecule has 0 radical (unpaired) electrons. The Labute approximate surface area is 121 Å². The van der Waals surface area contributed by atoms with Gasteiger partial charge in [0.2, 0.25) is 5.91 Å². The minimum atomic E-state index is -0.400. The van der Waals surface area contributed by atoms with E-state index in [0.717, 1.165) is 25.9 Å². The van der Waals surface area contributed by atoms with Crippen LogP contribution in [0.3, 0.4) is 0 Å². The van der Waals surface area contributed by atoms with Crippen molar-refractivity contribution in [1.82, 2.24) is 5.32 Å². The number of nitrogens with zero attached hydrogens (tertiary/aromatic N) is 1. The van der Waals surface area contributed by atoms with E-state index in [0.29, 0.717) is 6.54 Å². The lowest BCUT2D eigenvalue weighted by Gasteiger charge is -2.20. The van der Waals surface area contributed by atoms with Crippen LogP contribution < -0.4 is 16.0 Å². The van der Waals surface area contributed by atoms with E-state index in [1.165, 1.54) is 11.3 Å². The maximum atomic E-state index is 11.7. The number of amides is 1. The van der Waals surface area contributed by atoms with E-state index in [2.05, 4.69) is 34.5 Å². The molecule has 0 fully saturated rings. The Hall–Kier alpha value is -1.55. The quantitative estimate of drug-likeness (QED) is 0.774. The molecule has 0 aliphatic carbocycles. The molecule has 2 rings (SSSR count). The third kappa shape index (κ3) is 3.51. The van der Waals surface area contributed by atoms with E-state index >= 15 is 0 Å². The van der Waals surface area contributed by atoms with Gasteiger partial charge in [-0.1, -0.05) is 32.0 Å². The van der Waals surface area contributed by atoms with Crippen molar-refractivity contribution in [3.8, 4) is 0 Å². The topological polar surface area (TPSA) is 58.4 Å². The Morgan fingerprint density at radius 3 is 2.90 bits per heavy atom. The first-order valence-corrected chi connectivity index (χ1v) is 7.45. The Balaban J connectivity index is 1.71. The summed E-state index contributed by atoms with van der Waals surface area (Å²) in [6.45, 7) is 6.68. The molecular formula is C16H25N3O. The summed E-state index contributed by atoms with van der Waals surface area (Å²) >= 11 is 0. The van der Waals surface area contributed by atoms with Gasteiger partial charge in [0.1, 0.15) is 0 Å². The number of nitrogens with one attached hydrogen (secondary N) is 1. The lowest BCUT2D eigenvalue weighted by molar-refractivity contribution is -0.123. The van der Waals surface area contributed by atoms with Gasteiger partial charge in [-0.3, -0.25) is 4.79 Å². The number of benzene rings is 1. The summed E-state index contributed by atoms with van der Waals surface area (Å²) in [4.78, 5) is 14.1. The van der Waals surface area contributed by atoms with Crippen molar-refractivity contribution in [2.75, 3.05) is 24.5 Å². The monoisotopic (exact) mass is 275 g/mol. The molecule has 1 amide bonds. The maximum absolute atomic E-state index is 11.7. The Morgan fingerprint density at radius 1 is 1.40 bits per heavy atom. The highest BCUT2D eigenvalue weighted by atomic mass is 16.2. The van der Waals surface area contributed by atoms with Crippen molar-refractivity contribution in [1.29, 1.82) is 0 Å². The lowest BCUT2D eigenvalue weighted by Crippen LogP contribution is -2.44. The number of nitrogens with two attached hydrogens (primary N) is 1. The van der Waals surface area contributed by atoms with Crippen molar-refractivity contribution in [2.45, 2.75) is 32.7 Å². The summed E-state index contributed by atoms with van der Waals surface area (Å²) in [5, 5.41) is 2.92. The molecule has 3 N–H and O–H groups in total. The molecule has 1 unspecified atom stereocenters. The number of rotatable bonds is 6. The number of carbonyl (C=O) groups is 1. The predicted molar refractivity (Wildman–Crippen MR) is 82.8 cm³/mol. The lowest BCUT2D eigenvalue weighted by atomic mass is 10.1. The zero-order valence-corrected chi connectivity index (χ0v) is 12.4. The van der Waals surface area contributed by atoms with Gasteiger partial charge in [-0.25, -0.2) is 0 Å². The molecule has 1 aliphatic rings. The van der Waals surface area contributed by atoms with E-state index < -0.39 is 6.04 Å². The number of carbonyl (C=O) groups excluding carboxylic acids is 1. The number of para-hydroxylation sites is 1. The van der Waals surface area contributed by atoms with Crippen molar-refractivity contribution in [2.24, 2.45) is 11.7 Å². The molecule has 0 saturated heterocycles. The first-order valence-electron chi connectivity index (χ1n) is 7.45. The van der Waals surface area contributed by atoms with Crippen LogP contribution in [0.25, 0.3) is 0 Å². The van der Waals surface area contributed by atoms with Crippen LogP contribution in [0.15, 0.2) is 24.3 Å². The van der Waals surface area contributed by atoms with E-state index in [4.69, 9.17) is 5.73 Å². The number of fused-ring (bicyclic) bond motifs is 1. The van der Waals surface area contributed by atoms with Crippen LogP contribution in [0.1, 0.15) is 25.8 Å². The zero-order valence-electron chi connectivity index (χ0n) is 12.4. The molecule has 1 aliphatic heterocycles. The van der Waals surface area contributed by atoms with Crippen molar-refractivity contribution in [3.63, 3.8) is 0 Å². The van der Waals surface area contributed by atoms with Gasteiger partial charge in [0.05, 0.1) is 6.04 Å². The van der Waals surface area contributed by atoms with Crippen LogP contribution in [0.2, 0.25) is 0 Å². The molecule has 20 heavy (non-hydrogen) atoms. The molecule has 4 nitrogen and oxygen atoms in total. The molecule has 0 saturated carbocycles. The average Bonchev–Trinajstić information content (AvgIpc) is 2.85. The maximum Gasteiger partial charge on any atom is 0.237 e. The fourth-order valence-corrected chi connectivity index (χ4v) is 2.54. The molecule has 1 aromatic carbocycles. The van der Waals surface area contributed by atoms with Crippen molar-refractivity contribution in [3.05, 3.63) is 29.8 Å². The van der Waals surface area contributed by atoms with Crippen molar-refractivity contribution >= 4 is 11.6 Å². The second-order valence-corrected chi connectivity index (χ2v) is 5.78. The Kier molecular flexibility index (Phi) is 5.01. The number of anilines is 1. The van der Waals surface area contributed by atoms with Gasteiger partial charge in [0, 0.05) is 25.3 Å². The zero-order chi connectivity index (χ0) is 14.5. The first-order chi connectivity index (χ1) is 9.59. The normalized spacial score (nSPS) is 15.3. The highest BCUT2D eigenvalue weighted by Gasteiger charge is 2.18. The standard InChI is InChI=1S/C16H25N3O/c1-12(2)15(17)16(20)18-9-5-10-19-11-8-13-6-3-4-7-14(13)19/h3-4,6-7,12,15H,5,8-11,17H2,1-2H3,(H,18,20). The Morgan fingerprint density at radius 2 is 2.15 bits per heavy atom.